The van der Waals surface area contributed by atoms with Gasteiger partial charge in [-0.05, 0) is 43.0 Å². The fourth-order valence-electron chi connectivity index (χ4n) is 2.05. The summed E-state index contributed by atoms with van der Waals surface area (Å²) >= 11 is 0. The first-order chi connectivity index (χ1) is 7.58. The smallest absolute Gasteiger partial charge is 0.0152 e. The summed E-state index contributed by atoms with van der Waals surface area (Å²) in [4.78, 5) is 0. The summed E-state index contributed by atoms with van der Waals surface area (Å²) in [7, 11) is 0. The van der Waals surface area contributed by atoms with Crippen molar-refractivity contribution in [1.82, 2.24) is 0 Å². The van der Waals surface area contributed by atoms with Gasteiger partial charge in [0, 0.05) is 0 Å². The molecule has 0 spiro atoms. The number of aryl methyl sites for hydroxylation is 3. The maximum atomic E-state index is 11.2. The van der Waals surface area contributed by atoms with Crippen LogP contribution in [0.2, 0.25) is 0 Å². The Bertz CT molecular complexity index is 477. The summed E-state index contributed by atoms with van der Waals surface area (Å²) in [6.07, 6.45) is 0. The van der Waals surface area contributed by atoms with E-state index >= 15 is 0 Å². The molecule has 2 aromatic carbocycles. The van der Waals surface area contributed by atoms with Gasteiger partial charge in [-0.3, -0.25) is 0 Å². The minimum atomic E-state index is 0.0750. The highest BCUT2D eigenvalue weighted by Gasteiger charge is 2.04. The van der Waals surface area contributed by atoms with Crippen LogP contribution < -0.4 is 5.11 Å². The Morgan fingerprint density at radius 3 is 1.88 bits per heavy atom. The quantitative estimate of drug-likeness (QED) is 0.709. The van der Waals surface area contributed by atoms with Crippen molar-refractivity contribution >= 4 is 0 Å². The molecule has 82 valence electrons. The number of benzene rings is 2. The molecule has 0 amide bonds. The van der Waals surface area contributed by atoms with E-state index in [1.165, 1.54) is 16.7 Å². The van der Waals surface area contributed by atoms with E-state index in [4.69, 9.17) is 0 Å². The van der Waals surface area contributed by atoms with Crippen LogP contribution in [0, 0.1) is 20.8 Å². The Hall–Kier alpha value is -1.76. The van der Waals surface area contributed by atoms with E-state index in [2.05, 4.69) is 32.0 Å². The molecular formula is C15H15O-. The summed E-state index contributed by atoms with van der Waals surface area (Å²) in [5.74, 6) is 0.0750. The summed E-state index contributed by atoms with van der Waals surface area (Å²) in [5.41, 5.74) is 5.92. The van der Waals surface area contributed by atoms with Crippen LogP contribution in [-0.2, 0) is 0 Å². The highest BCUT2D eigenvalue weighted by atomic mass is 16.3. The molecule has 2 rings (SSSR count). The van der Waals surface area contributed by atoms with Gasteiger partial charge in [0.1, 0.15) is 0 Å². The molecule has 0 heterocycles. The Morgan fingerprint density at radius 1 is 0.750 bits per heavy atom. The Kier molecular flexibility index (Phi) is 2.69. The van der Waals surface area contributed by atoms with E-state index in [0.717, 1.165) is 11.1 Å². The van der Waals surface area contributed by atoms with Crippen molar-refractivity contribution in [3.63, 3.8) is 0 Å². The van der Waals surface area contributed by atoms with Gasteiger partial charge in [0.25, 0.3) is 0 Å². The van der Waals surface area contributed by atoms with Crippen molar-refractivity contribution in [3.05, 3.63) is 53.1 Å². The molecule has 0 atom stereocenters. The van der Waals surface area contributed by atoms with E-state index in [-0.39, 0.29) is 5.75 Å². The molecule has 0 saturated carbocycles. The second-order valence-electron chi connectivity index (χ2n) is 4.30. The van der Waals surface area contributed by atoms with Gasteiger partial charge in [0.2, 0.25) is 0 Å². The molecule has 0 aromatic heterocycles. The molecule has 0 aliphatic rings. The van der Waals surface area contributed by atoms with Gasteiger partial charge in [-0.15, -0.1) is 5.75 Å². The molecule has 0 bridgehead atoms. The first-order valence-corrected chi connectivity index (χ1v) is 5.43. The van der Waals surface area contributed by atoms with Crippen LogP contribution in [0.3, 0.4) is 0 Å². The van der Waals surface area contributed by atoms with Crippen molar-refractivity contribution in [2.75, 3.05) is 0 Å². The van der Waals surface area contributed by atoms with Gasteiger partial charge in [-0.25, -0.2) is 0 Å². The lowest BCUT2D eigenvalue weighted by Gasteiger charge is -2.13. The molecule has 0 fully saturated rings. The minimum Gasteiger partial charge on any atom is -0.872 e. The van der Waals surface area contributed by atoms with Crippen LogP contribution in [0.4, 0.5) is 0 Å². The Labute approximate surface area is 96.4 Å². The van der Waals surface area contributed by atoms with Gasteiger partial charge >= 0.3 is 0 Å². The fraction of sp³-hybridized carbons (Fsp3) is 0.200. The summed E-state index contributed by atoms with van der Waals surface area (Å²) in [6, 6.07) is 11.6. The highest BCUT2D eigenvalue weighted by Crippen LogP contribution is 2.28. The van der Waals surface area contributed by atoms with E-state index in [9.17, 15) is 5.11 Å². The lowest BCUT2D eigenvalue weighted by atomic mass is 9.95. The van der Waals surface area contributed by atoms with Crippen molar-refractivity contribution in [3.8, 4) is 16.9 Å². The Morgan fingerprint density at radius 2 is 1.31 bits per heavy atom. The average Bonchev–Trinajstić information content (AvgIpc) is 2.19. The van der Waals surface area contributed by atoms with Gasteiger partial charge < -0.3 is 5.11 Å². The van der Waals surface area contributed by atoms with E-state index in [1.54, 1.807) is 12.1 Å². The highest BCUT2D eigenvalue weighted by molar-refractivity contribution is 5.71. The third-order valence-corrected chi connectivity index (χ3v) is 2.87. The van der Waals surface area contributed by atoms with Crippen LogP contribution in [0.15, 0.2) is 36.4 Å². The molecule has 0 radical (unpaired) electrons. The molecule has 16 heavy (non-hydrogen) atoms. The van der Waals surface area contributed by atoms with Gasteiger partial charge in [-0.1, -0.05) is 42.0 Å². The lowest BCUT2D eigenvalue weighted by molar-refractivity contribution is -0.268. The maximum absolute atomic E-state index is 11.2. The van der Waals surface area contributed by atoms with Crippen LogP contribution in [0.5, 0.6) is 5.75 Å². The molecule has 0 unspecified atom stereocenters. The predicted octanol–water partition coefficient (Wildman–Crippen LogP) is 3.35. The number of hydrogen-bond donors (Lipinski definition) is 0. The average molecular weight is 211 g/mol. The maximum Gasteiger partial charge on any atom is -0.0152 e. The summed E-state index contributed by atoms with van der Waals surface area (Å²) in [5, 5.41) is 11.2. The SMILES string of the molecule is Cc1ccc(-c2ccc([O-])cc2C)c(C)c1. The minimum absolute atomic E-state index is 0.0750. The van der Waals surface area contributed by atoms with E-state index in [0.29, 0.717) is 0 Å². The molecule has 0 saturated heterocycles. The second kappa shape index (κ2) is 4.01. The van der Waals surface area contributed by atoms with E-state index in [1.807, 2.05) is 13.0 Å². The van der Waals surface area contributed by atoms with Crippen LogP contribution in [0.1, 0.15) is 16.7 Å². The largest absolute Gasteiger partial charge is 0.872 e. The number of rotatable bonds is 1. The van der Waals surface area contributed by atoms with Gasteiger partial charge in [0.05, 0.1) is 0 Å². The van der Waals surface area contributed by atoms with Crippen LogP contribution in [0.25, 0.3) is 11.1 Å². The Balaban J connectivity index is 2.59. The zero-order chi connectivity index (χ0) is 11.7. The molecule has 0 aliphatic heterocycles. The van der Waals surface area contributed by atoms with Gasteiger partial charge in [0.15, 0.2) is 0 Å². The first kappa shape index (κ1) is 10.7. The lowest BCUT2D eigenvalue weighted by Crippen LogP contribution is -1.92. The summed E-state index contributed by atoms with van der Waals surface area (Å²) < 4.78 is 0. The third-order valence-electron chi connectivity index (χ3n) is 2.87. The zero-order valence-corrected chi connectivity index (χ0v) is 9.87. The molecular weight excluding hydrogens is 196 g/mol. The monoisotopic (exact) mass is 211 g/mol. The zero-order valence-electron chi connectivity index (χ0n) is 9.87. The van der Waals surface area contributed by atoms with E-state index < -0.39 is 0 Å². The van der Waals surface area contributed by atoms with Gasteiger partial charge in [-0.2, -0.15) is 0 Å². The fourth-order valence-corrected chi connectivity index (χ4v) is 2.05. The normalized spacial score (nSPS) is 10.4. The molecule has 1 nitrogen and oxygen atoms in total. The summed E-state index contributed by atoms with van der Waals surface area (Å²) in [6.45, 7) is 6.17. The molecule has 0 aliphatic carbocycles. The topological polar surface area (TPSA) is 23.1 Å². The van der Waals surface area contributed by atoms with Crippen molar-refractivity contribution in [2.45, 2.75) is 20.8 Å². The standard InChI is InChI=1S/C15H16O/c1-10-4-6-14(11(2)8-10)15-7-5-13(16)9-12(15)3/h4-9,16H,1-3H3/p-1. The van der Waals surface area contributed by atoms with Crippen molar-refractivity contribution < 1.29 is 5.11 Å². The second-order valence-corrected chi connectivity index (χ2v) is 4.30. The third kappa shape index (κ3) is 1.94. The number of hydrogen-bond acceptors (Lipinski definition) is 1. The van der Waals surface area contributed by atoms with Crippen LogP contribution in [-0.4, -0.2) is 0 Å². The molecule has 2 aromatic rings. The predicted molar refractivity (Wildman–Crippen MR) is 65.5 cm³/mol. The van der Waals surface area contributed by atoms with Crippen molar-refractivity contribution in [2.24, 2.45) is 0 Å². The molecule has 0 N–H and O–H groups in total. The van der Waals surface area contributed by atoms with Crippen LogP contribution >= 0.6 is 0 Å². The molecule has 1 heteroatoms. The first-order valence-electron chi connectivity index (χ1n) is 5.43. The van der Waals surface area contributed by atoms with Crippen molar-refractivity contribution in [1.29, 1.82) is 0 Å².